The average Bonchev–Trinajstić information content (AvgIpc) is 2.46. The van der Waals surface area contributed by atoms with Gasteiger partial charge in [0, 0.05) is 6.54 Å². The van der Waals surface area contributed by atoms with Crippen molar-refractivity contribution in [3.63, 3.8) is 0 Å². The van der Waals surface area contributed by atoms with Gasteiger partial charge >= 0.3 is 0 Å². The van der Waals surface area contributed by atoms with Gasteiger partial charge in [0.1, 0.15) is 5.75 Å². The Balaban J connectivity index is 1.67. The van der Waals surface area contributed by atoms with E-state index in [0.29, 0.717) is 0 Å². The van der Waals surface area contributed by atoms with Gasteiger partial charge in [0.05, 0.1) is 7.11 Å². The first-order chi connectivity index (χ1) is 9.69. The van der Waals surface area contributed by atoms with Crippen LogP contribution in [0.15, 0.2) is 18.2 Å². The van der Waals surface area contributed by atoms with Crippen LogP contribution in [0.4, 0.5) is 0 Å². The van der Waals surface area contributed by atoms with E-state index in [4.69, 9.17) is 4.74 Å². The number of hydrogen-bond acceptors (Lipinski definition) is 3. The molecular weight excluding hydrogens is 248 g/mol. The Labute approximate surface area is 123 Å². The molecule has 0 amide bonds. The monoisotopic (exact) mass is 276 g/mol. The summed E-state index contributed by atoms with van der Waals surface area (Å²) in [6.07, 6.45) is 4.03. The van der Waals surface area contributed by atoms with E-state index in [2.05, 4.69) is 42.4 Å². The maximum absolute atomic E-state index is 5.29. The van der Waals surface area contributed by atoms with Crippen molar-refractivity contribution in [1.29, 1.82) is 0 Å². The largest absolute Gasteiger partial charge is 0.496 e. The maximum atomic E-state index is 5.29. The average molecular weight is 276 g/mol. The van der Waals surface area contributed by atoms with Gasteiger partial charge in [-0.15, -0.1) is 0 Å². The van der Waals surface area contributed by atoms with Gasteiger partial charge in [0.2, 0.25) is 0 Å². The Kier molecular flexibility index (Phi) is 5.86. The van der Waals surface area contributed by atoms with E-state index in [1.54, 1.807) is 7.11 Å². The summed E-state index contributed by atoms with van der Waals surface area (Å²) >= 11 is 0. The number of nitrogens with one attached hydrogen (secondary N) is 1. The second kappa shape index (κ2) is 7.65. The van der Waals surface area contributed by atoms with Crippen molar-refractivity contribution in [3.8, 4) is 5.75 Å². The van der Waals surface area contributed by atoms with E-state index in [1.165, 1.54) is 43.5 Å². The van der Waals surface area contributed by atoms with Crippen LogP contribution in [-0.4, -0.2) is 38.7 Å². The summed E-state index contributed by atoms with van der Waals surface area (Å²) in [7, 11) is 3.95. The summed E-state index contributed by atoms with van der Waals surface area (Å²) in [6.45, 7) is 6.71. The van der Waals surface area contributed by atoms with Gasteiger partial charge in [-0.05, 0) is 76.0 Å². The molecular formula is C17H28N2O. The van der Waals surface area contributed by atoms with E-state index in [-0.39, 0.29) is 0 Å². The molecule has 0 aliphatic carbocycles. The van der Waals surface area contributed by atoms with Crippen LogP contribution in [0.25, 0.3) is 0 Å². The maximum Gasteiger partial charge on any atom is 0.121 e. The summed E-state index contributed by atoms with van der Waals surface area (Å²) in [5, 5.41) is 3.57. The number of piperidine rings is 1. The molecule has 1 saturated heterocycles. The Morgan fingerprint density at radius 2 is 2.05 bits per heavy atom. The molecule has 1 aromatic rings. The van der Waals surface area contributed by atoms with Crippen molar-refractivity contribution in [3.05, 3.63) is 29.3 Å². The summed E-state index contributed by atoms with van der Waals surface area (Å²) in [5.74, 6) is 1.89. The van der Waals surface area contributed by atoms with E-state index in [0.717, 1.165) is 24.8 Å². The highest BCUT2D eigenvalue weighted by Crippen LogP contribution is 2.20. The van der Waals surface area contributed by atoms with Crippen LogP contribution in [0.3, 0.4) is 0 Å². The number of aryl methyl sites for hydroxylation is 1. The van der Waals surface area contributed by atoms with E-state index < -0.39 is 0 Å². The zero-order valence-electron chi connectivity index (χ0n) is 13.1. The SMILES string of the molecule is COc1ccc(CNCCC2CCN(C)CC2)cc1C. The first-order valence-electron chi connectivity index (χ1n) is 7.72. The number of rotatable bonds is 6. The Morgan fingerprint density at radius 3 is 2.70 bits per heavy atom. The molecule has 1 heterocycles. The highest BCUT2D eigenvalue weighted by molar-refractivity contribution is 5.36. The predicted molar refractivity (Wildman–Crippen MR) is 84.3 cm³/mol. The van der Waals surface area contributed by atoms with Crippen molar-refractivity contribution >= 4 is 0 Å². The second-order valence-corrected chi connectivity index (χ2v) is 6.02. The fraction of sp³-hybridized carbons (Fsp3) is 0.647. The van der Waals surface area contributed by atoms with Crippen molar-refractivity contribution in [1.82, 2.24) is 10.2 Å². The minimum atomic E-state index is 0.913. The first kappa shape index (κ1) is 15.3. The van der Waals surface area contributed by atoms with Crippen LogP contribution < -0.4 is 10.1 Å². The van der Waals surface area contributed by atoms with Gasteiger partial charge in [-0.25, -0.2) is 0 Å². The zero-order valence-corrected chi connectivity index (χ0v) is 13.1. The molecule has 3 nitrogen and oxygen atoms in total. The molecule has 0 atom stereocenters. The van der Waals surface area contributed by atoms with Gasteiger partial charge in [-0.2, -0.15) is 0 Å². The first-order valence-corrected chi connectivity index (χ1v) is 7.72. The second-order valence-electron chi connectivity index (χ2n) is 6.02. The molecule has 3 heteroatoms. The van der Waals surface area contributed by atoms with Crippen LogP contribution in [-0.2, 0) is 6.54 Å². The van der Waals surface area contributed by atoms with Crippen LogP contribution in [0.1, 0.15) is 30.4 Å². The van der Waals surface area contributed by atoms with Crippen molar-refractivity contribution in [2.45, 2.75) is 32.7 Å². The third-order valence-electron chi connectivity index (χ3n) is 4.36. The van der Waals surface area contributed by atoms with Gasteiger partial charge in [-0.1, -0.05) is 12.1 Å². The lowest BCUT2D eigenvalue weighted by Crippen LogP contribution is -2.31. The lowest BCUT2D eigenvalue weighted by atomic mass is 9.94. The standard InChI is InChI=1S/C17H28N2O/c1-14-12-16(4-5-17(14)20-3)13-18-9-6-15-7-10-19(2)11-8-15/h4-5,12,15,18H,6-11,13H2,1-3H3. The minimum absolute atomic E-state index is 0.913. The smallest absolute Gasteiger partial charge is 0.121 e. The van der Waals surface area contributed by atoms with Crippen molar-refractivity contribution in [2.75, 3.05) is 33.8 Å². The number of nitrogens with zero attached hydrogens (tertiary/aromatic N) is 1. The molecule has 20 heavy (non-hydrogen) atoms. The molecule has 1 N–H and O–H groups in total. The molecule has 1 aliphatic rings. The Bertz CT molecular complexity index is 411. The third kappa shape index (κ3) is 4.50. The number of ether oxygens (including phenoxy) is 1. The molecule has 2 rings (SSSR count). The lowest BCUT2D eigenvalue weighted by Gasteiger charge is -2.28. The quantitative estimate of drug-likeness (QED) is 0.809. The minimum Gasteiger partial charge on any atom is -0.496 e. The summed E-state index contributed by atoms with van der Waals surface area (Å²) in [6, 6.07) is 6.42. The molecule has 1 fully saturated rings. The molecule has 0 aromatic heterocycles. The van der Waals surface area contributed by atoms with Crippen LogP contribution >= 0.6 is 0 Å². The van der Waals surface area contributed by atoms with Crippen LogP contribution in [0, 0.1) is 12.8 Å². The number of benzene rings is 1. The van der Waals surface area contributed by atoms with Gasteiger partial charge in [-0.3, -0.25) is 0 Å². The van der Waals surface area contributed by atoms with Crippen LogP contribution in [0.2, 0.25) is 0 Å². The Hall–Kier alpha value is -1.06. The van der Waals surface area contributed by atoms with Crippen LogP contribution in [0.5, 0.6) is 5.75 Å². The molecule has 112 valence electrons. The topological polar surface area (TPSA) is 24.5 Å². The fourth-order valence-electron chi connectivity index (χ4n) is 2.94. The van der Waals surface area contributed by atoms with Gasteiger partial charge in [0.15, 0.2) is 0 Å². The fourth-order valence-corrected chi connectivity index (χ4v) is 2.94. The van der Waals surface area contributed by atoms with E-state index >= 15 is 0 Å². The Morgan fingerprint density at radius 1 is 1.30 bits per heavy atom. The molecule has 0 bridgehead atoms. The van der Waals surface area contributed by atoms with Crippen molar-refractivity contribution < 1.29 is 4.74 Å². The molecule has 1 aromatic carbocycles. The zero-order chi connectivity index (χ0) is 14.4. The third-order valence-corrected chi connectivity index (χ3v) is 4.36. The highest BCUT2D eigenvalue weighted by atomic mass is 16.5. The molecule has 0 unspecified atom stereocenters. The van der Waals surface area contributed by atoms with Gasteiger partial charge in [0.25, 0.3) is 0 Å². The predicted octanol–water partition coefficient (Wildman–Crippen LogP) is 2.83. The molecule has 0 spiro atoms. The number of likely N-dealkylation sites (tertiary alicyclic amines) is 1. The number of methoxy groups -OCH3 is 1. The van der Waals surface area contributed by atoms with E-state index in [1.807, 2.05) is 0 Å². The molecule has 1 aliphatic heterocycles. The normalized spacial score (nSPS) is 17.4. The van der Waals surface area contributed by atoms with Crippen molar-refractivity contribution in [2.24, 2.45) is 5.92 Å². The number of hydrogen-bond donors (Lipinski definition) is 1. The molecule has 0 radical (unpaired) electrons. The highest BCUT2D eigenvalue weighted by Gasteiger charge is 2.15. The van der Waals surface area contributed by atoms with E-state index in [9.17, 15) is 0 Å². The lowest BCUT2D eigenvalue weighted by molar-refractivity contribution is 0.211. The summed E-state index contributed by atoms with van der Waals surface area (Å²) in [4.78, 5) is 2.43. The summed E-state index contributed by atoms with van der Waals surface area (Å²) < 4.78 is 5.29. The van der Waals surface area contributed by atoms with Gasteiger partial charge < -0.3 is 15.0 Å². The molecule has 0 saturated carbocycles. The summed E-state index contributed by atoms with van der Waals surface area (Å²) in [5.41, 5.74) is 2.55.